The Hall–Kier alpha value is -3.35. The Morgan fingerprint density at radius 1 is 1.38 bits per heavy atom. The van der Waals surface area contributed by atoms with Gasteiger partial charge in [0.05, 0.1) is 19.2 Å². The normalized spacial score (nSPS) is 10.8. The molecule has 0 saturated heterocycles. The maximum absolute atomic E-state index is 13.7. The Labute approximate surface area is 145 Å². The Morgan fingerprint density at radius 3 is 2.46 bits per heavy atom. The van der Waals surface area contributed by atoms with E-state index >= 15 is 0 Å². The minimum Gasteiger partial charge on any atom is -0.497 e. The lowest BCUT2D eigenvalue weighted by atomic mass is 10.1. The molecule has 0 fully saturated rings. The van der Waals surface area contributed by atoms with Crippen molar-refractivity contribution < 1.29 is 27.1 Å². The summed E-state index contributed by atoms with van der Waals surface area (Å²) in [7, 11) is 1.45. The lowest BCUT2D eigenvalue weighted by Crippen LogP contribution is -2.11. The van der Waals surface area contributed by atoms with Crippen LogP contribution in [0, 0.1) is 6.07 Å². The first-order valence-electron chi connectivity index (χ1n) is 7.01. The number of methoxy groups -OCH3 is 1. The lowest BCUT2D eigenvalue weighted by Gasteiger charge is -2.06. The lowest BCUT2D eigenvalue weighted by molar-refractivity contribution is -0.141. The van der Waals surface area contributed by atoms with E-state index in [-0.39, 0.29) is 6.54 Å². The van der Waals surface area contributed by atoms with Crippen molar-refractivity contribution in [2.75, 3.05) is 7.11 Å². The number of ether oxygens (including phenoxy) is 1. The first-order valence-corrected chi connectivity index (χ1v) is 7.01. The van der Waals surface area contributed by atoms with Gasteiger partial charge in [0.1, 0.15) is 17.3 Å². The van der Waals surface area contributed by atoms with Gasteiger partial charge in [0, 0.05) is 0 Å². The summed E-state index contributed by atoms with van der Waals surface area (Å²) in [6.07, 6.45) is -5.01. The molecule has 0 spiro atoms. The molecule has 0 atom stereocenters. The predicted molar refractivity (Wildman–Crippen MR) is 85.4 cm³/mol. The number of benzene rings is 1. The van der Waals surface area contributed by atoms with Crippen molar-refractivity contribution in [1.82, 2.24) is 9.78 Å². The fourth-order valence-electron chi connectivity index (χ4n) is 2.27. The molecule has 1 aromatic heterocycles. The van der Waals surface area contributed by atoms with E-state index in [2.05, 4.69) is 16.6 Å². The van der Waals surface area contributed by atoms with Gasteiger partial charge < -0.3 is 10.6 Å². The zero-order valence-corrected chi connectivity index (χ0v) is 13.4. The molecule has 1 aromatic carbocycles. The molecule has 0 amide bonds. The van der Waals surface area contributed by atoms with Crippen molar-refractivity contribution in [3.05, 3.63) is 64.2 Å². The van der Waals surface area contributed by atoms with Crippen LogP contribution in [0.4, 0.5) is 17.6 Å². The number of rotatable bonds is 5. The molecule has 0 aliphatic heterocycles. The Morgan fingerprint density at radius 2 is 2.00 bits per heavy atom. The molecular weight excluding hydrogens is 356 g/mol. The number of Topliss-reactive ketones (excluding diaryl/α,β-unsaturated/α-hetero) is 1. The van der Waals surface area contributed by atoms with E-state index < -0.39 is 34.7 Å². The largest absolute Gasteiger partial charge is 0.497 e. The molecule has 0 bridgehead atoms. The molecular formula is C16H12F4N4O2. The molecule has 0 radical (unpaired) electrons. The standard InChI is InChI=1S/C16H12F4N4O2/c1-9(17)13-14(12(25)7-22-21)24(23-15(13)16(18,19)20)8-10-3-5-11(26-2)6-4-10/h3-6,21H,1,8H2,2H3. The quantitative estimate of drug-likeness (QED) is 0.340. The first-order chi connectivity index (χ1) is 12.2. The minimum atomic E-state index is -5.01. The van der Waals surface area contributed by atoms with E-state index in [1.165, 1.54) is 7.11 Å². The third-order valence-corrected chi connectivity index (χ3v) is 3.36. The number of carbonyl (C=O) groups excluding carboxylic acids is 1. The van der Waals surface area contributed by atoms with Crippen LogP contribution in [0.3, 0.4) is 0 Å². The molecule has 1 N–H and O–H groups in total. The zero-order chi connectivity index (χ0) is 19.5. The second-order valence-electron chi connectivity index (χ2n) is 5.03. The van der Waals surface area contributed by atoms with Crippen LogP contribution in [-0.4, -0.2) is 22.7 Å². The number of ketones is 1. The molecule has 0 unspecified atom stereocenters. The molecule has 0 aliphatic rings. The monoisotopic (exact) mass is 368 g/mol. The predicted octanol–water partition coefficient (Wildman–Crippen LogP) is 4.38. The topological polar surface area (TPSA) is 72.3 Å². The third kappa shape index (κ3) is 3.83. The number of hydrogen-bond donors (Lipinski definition) is 0. The highest BCUT2D eigenvalue weighted by Gasteiger charge is 2.42. The minimum absolute atomic E-state index is 0.263. The van der Waals surface area contributed by atoms with Gasteiger partial charge in [0.25, 0.3) is 0 Å². The van der Waals surface area contributed by atoms with Gasteiger partial charge in [-0.05, 0) is 17.7 Å². The number of aromatic nitrogens is 2. The summed E-state index contributed by atoms with van der Waals surface area (Å²) in [6.45, 7) is 2.59. The average Bonchev–Trinajstić information content (AvgIpc) is 2.95. The number of nitrogens with one attached hydrogen (secondary N) is 1. The van der Waals surface area contributed by atoms with Crippen molar-refractivity contribution in [2.24, 2.45) is 0 Å². The van der Waals surface area contributed by atoms with Crippen LogP contribution in [-0.2, 0) is 12.7 Å². The smallest absolute Gasteiger partial charge is 0.435 e. The van der Waals surface area contributed by atoms with Crippen LogP contribution in [0.5, 0.6) is 5.75 Å². The summed E-state index contributed by atoms with van der Waals surface area (Å²) in [4.78, 5) is 14.7. The summed E-state index contributed by atoms with van der Waals surface area (Å²) in [5.74, 6) is 4.46. The maximum atomic E-state index is 13.7. The van der Waals surface area contributed by atoms with Crippen LogP contribution in [0.1, 0.15) is 27.3 Å². The highest BCUT2D eigenvalue weighted by Crippen LogP contribution is 2.36. The van der Waals surface area contributed by atoms with Crippen molar-refractivity contribution in [3.8, 4) is 11.8 Å². The SMILES string of the molecule is C=C(F)c1c(C(F)(F)F)nn(Cc2ccc(OC)cc2)c1C(=O)C#[N+][NH-]. The van der Waals surface area contributed by atoms with Gasteiger partial charge in [-0.15, -0.1) is 0 Å². The first kappa shape index (κ1) is 19.0. The van der Waals surface area contributed by atoms with E-state index in [4.69, 9.17) is 10.6 Å². The summed E-state index contributed by atoms with van der Waals surface area (Å²) in [6, 6.07) is 7.90. The van der Waals surface area contributed by atoms with E-state index in [0.717, 1.165) is 0 Å². The number of hydrogen-bond acceptors (Lipinski definition) is 3. The molecule has 136 valence electrons. The Bertz CT molecular complexity index is 905. The molecule has 0 saturated carbocycles. The molecule has 10 heteroatoms. The van der Waals surface area contributed by atoms with Crippen molar-refractivity contribution in [2.45, 2.75) is 12.7 Å². The highest BCUT2D eigenvalue weighted by molar-refractivity contribution is 6.10. The maximum Gasteiger partial charge on any atom is 0.435 e. The molecule has 2 aromatic rings. The van der Waals surface area contributed by atoms with E-state index in [0.29, 0.717) is 16.0 Å². The zero-order valence-electron chi connectivity index (χ0n) is 13.4. The van der Waals surface area contributed by atoms with Gasteiger partial charge in [-0.3, -0.25) is 9.48 Å². The number of halogens is 4. The summed E-state index contributed by atoms with van der Waals surface area (Å²) in [5, 5.41) is 3.34. The van der Waals surface area contributed by atoms with Gasteiger partial charge in [0.15, 0.2) is 5.69 Å². The molecule has 2 rings (SSSR count). The number of alkyl halides is 3. The van der Waals surface area contributed by atoms with Gasteiger partial charge in [-0.25, -0.2) is 4.39 Å². The second kappa shape index (κ2) is 7.26. The van der Waals surface area contributed by atoms with Crippen LogP contribution >= 0.6 is 0 Å². The van der Waals surface area contributed by atoms with E-state index in [1.807, 2.05) is 0 Å². The fraction of sp³-hybridized carbons (Fsp3) is 0.188. The van der Waals surface area contributed by atoms with Crippen molar-refractivity contribution >= 4 is 11.6 Å². The highest BCUT2D eigenvalue weighted by atomic mass is 19.4. The Balaban J connectivity index is 2.63. The third-order valence-electron chi connectivity index (χ3n) is 3.36. The van der Waals surface area contributed by atoms with Crippen LogP contribution in [0.25, 0.3) is 16.6 Å². The van der Waals surface area contributed by atoms with Crippen LogP contribution < -0.4 is 4.74 Å². The van der Waals surface area contributed by atoms with Gasteiger partial charge in [-0.2, -0.15) is 18.3 Å². The number of carbonyl (C=O) groups is 1. The van der Waals surface area contributed by atoms with Crippen molar-refractivity contribution in [1.29, 1.82) is 0 Å². The molecule has 26 heavy (non-hydrogen) atoms. The summed E-state index contributed by atoms with van der Waals surface area (Å²) < 4.78 is 59.0. The Kier molecular flexibility index (Phi) is 5.30. The van der Waals surface area contributed by atoms with Gasteiger partial charge in [-0.1, -0.05) is 23.7 Å². The summed E-state index contributed by atoms with van der Waals surface area (Å²) >= 11 is 0. The van der Waals surface area contributed by atoms with Gasteiger partial charge in [0.2, 0.25) is 0 Å². The molecule has 1 heterocycles. The average molecular weight is 368 g/mol. The van der Waals surface area contributed by atoms with Crippen molar-refractivity contribution in [3.63, 3.8) is 0 Å². The number of nitrogens with zero attached hydrogens (tertiary/aromatic N) is 3. The van der Waals surface area contributed by atoms with Gasteiger partial charge >= 0.3 is 18.0 Å². The molecule has 6 nitrogen and oxygen atoms in total. The summed E-state index contributed by atoms with van der Waals surface area (Å²) in [5.41, 5.74) is -2.94. The fourth-order valence-corrected chi connectivity index (χ4v) is 2.27. The van der Waals surface area contributed by atoms with E-state index in [1.54, 1.807) is 30.3 Å². The van der Waals surface area contributed by atoms with Crippen LogP contribution in [0.15, 0.2) is 30.8 Å². The van der Waals surface area contributed by atoms with E-state index in [9.17, 15) is 22.4 Å². The molecule has 0 aliphatic carbocycles. The second-order valence-corrected chi connectivity index (χ2v) is 5.03. The van der Waals surface area contributed by atoms with Crippen LogP contribution in [0.2, 0.25) is 0 Å².